The van der Waals surface area contributed by atoms with Crippen molar-refractivity contribution in [3.05, 3.63) is 175 Å². The Morgan fingerprint density at radius 3 is 1.23 bits per heavy atom. The van der Waals surface area contributed by atoms with Gasteiger partial charge in [0.25, 0.3) is 0 Å². The zero-order chi connectivity index (χ0) is 37.1. The Labute approximate surface area is 319 Å². The molecule has 56 heavy (non-hydrogen) atoms. The number of hydrogen-bond acceptors (Lipinski definition) is 3. The fourth-order valence-electron chi connectivity index (χ4n) is 9.27. The average Bonchev–Trinajstić information content (AvgIpc) is 3.99. The van der Waals surface area contributed by atoms with Crippen LogP contribution in [0.25, 0.3) is 104 Å². The highest BCUT2D eigenvalue weighted by molar-refractivity contribution is 6.29. The molecule has 0 saturated carbocycles. The summed E-state index contributed by atoms with van der Waals surface area (Å²) in [6, 6.07) is 61.1. The maximum Gasteiger partial charge on any atom is 0.145 e. The number of hydrogen-bond donors (Lipinski definition) is 0. The van der Waals surface area contributed by atoms with Gasteiger partial charge in [-0.3, -0.25) is 0 Å². The summed E-state index contributed by atoms with van der Waals surface area (Å²) in [5.74, 6) is 0. The third-order valence-electron chi connectivity index (χ3n) is 11.5. The Hall–Kier alpha value is -8.06. The lowest BCUT2D eigenvalue weighted by molar-refractivity contribution is 0.677. The first-order valence-electron chi connectivity index (χ1n) is 18.6. The highest BCUT2D eigenvalue weighted by atomic mass is 16.3. The largest absolute Gasteiger partial charge is 0.455 e. The summed E-state index contributed by atoms with van der Waals surface area (Å²) in [7, 11) is 0. The minimum Gasteiger partial charge on any atom is -0.455 e. The molecule has 0 aliphatic heterocycles. The molecule has 0 radical (unpaired) electrons. The molecule has 6 heteroatoms. The molecular weight excluding hydrogens is 687 g/mol. The van der Waals surface area contributed by atoms with Gasteiger partial charge in [-0.1, -0.05) is 91.0 Å². The molecule has 0 aliphatic rings. The molecule has 6 nitrogen and oxygen atoms in total. The molecule has 4 heterocycles. The number of furan rings is 1. The highest BCUT2D eigenvalue weighted by Crippen LogP contribution is 2.45. The monoisotopic (exact) mass is 713 g/mol. The van der Waals surface area contributed by atoms with Crippen LogP contribution in [-0.2, 0) is 0 Å². The van der Waals surface area contributed by atoms with Gasteiger partial charge in [-0.25, -0.2) is 0 Å². The quantitative estimate of drug-likeness (QED) is 0.183. The van der Waals surface area contributed by atoms with E-state index in [0.29, 0.717) is 22.5 Å². The van der Waals surface area contributed by atoms with E-state index in [2.05, 4.69) is 135 Å². The number of nitriles is 2. The van der Waals surface area contributed by atoms with Gasteiger partial charge in [0.1, 0.15) is 23.3 Å². The van der Waals surface area contributed by atoms with Gasteiger partial charge in [0.15, 0.2) is 0 Å². The smallest absolute Gasteiger partial charge is 0.145 e. The van der Waals surface area contributed by atoms with E-state index in [0.717, 1.165) is 93.0 Å². The minimum atomic E-state index is 0.314. The van der Waals surface area contributed by atoms with Crippen molar-refractivity contribution < 1.29 is 4.42 Å². The predicted molar refractivity (Wildman–Crippen MR) is 226 cm³/mol. The average molecular weight is 714 g/mol. The van der Waals surface area contributed by atoms with Gasteiger partial charge in [0, 0.05) is 38.0 Å². The molecular formula is C50H27N5O. The van der Waals surface area contributed by atoms with Crippen LogP contribution in [0.2, 0.25) is 0 Å². The van der Waals surface area contributed by atoms with E-state index in [1.54, 1.807) is 0 Å². The minimum absolute atomic E-state index is 0.314. The number of fused-ring (bicyclic) bond motifs is 14. The maximum absolute atomic E-state index is 10.9. The van der Waals surface area contributed by atoms with Gasteiger partial charge in [-0.15, -0.1) is 0 Å². The van der Waals surface area contributed by atoms with Crippen molar-refractivity contribution in [3.63, 3.8) is 0 Å². The SMILES string of the molecule is N#Cc1c(-n2c3ccccc3c3ccccc32)ccc(-n2c3ccccc3c3c4oc5c(ccc6c5c5ccccc5n6-c5ccccc5)c4ccc32)c1C#N. The van der Waals surface area contributed by atoms with Crippen LogP contribution in [0.4, 0.5) is 0 Å². The Kier molecular flexibility index (Phi) is 6.10. The summed E-state index contributed by atoms with van der Waals surface area (Å²) in [5.41, 5.74) is 10.6. The third kappa shape index (κ3) is 3.86. The topological polar surface area (TPSA) is 75.5 Å². The first kappa shape index (κ1) is 30.4. The summed E-state index contributed by atoms with van der Waals surface area (Å²) in [4.78, 5) is 0. The van der Waals surface area contributed by atoms with Crippen molar-refractivity contribution in [1.82, 2.24) is 13.7 Å². The summed E-state index contributed by atoms with van der Waals surface area (Å²) in [6.07, 6.45) is 0. The number of nitrogens with zero attached hydrogens (tertiary/aromatic N) is 5. The molecule has 0 bridgehead atoms. The lowest BCUT2D eigenvalue weighted by Gasteiger charge is -2.15. The fraction of sp³-hybridized carbons (Fsp3) is 0. The van der Waals surface area contributed by atoms with E-state index < -0.39 is 0 Å². The van der Waals surface area contributed by atoms with Crippen LogP contribution in [0.15, 0.2) is 168 Å². The molecule has 8 aromatic carbocycles. The van der Waals surface area contributed by atoms with Crippen LogP contribution in [-0.4, -0.2) is 13.7 Å². The third-order valence-corrected chi connectivity index (χ3v) is 11.5. The second-order valence-corrected chi connectivity index (χ2v) is 14.3. The van der Waals surface area contributed by atoms with Crippen molar-refractivity contribution in [2.75, 3.05) is 0 Å². The molecule has 0 aliphatic carbocycles. The fourth-order valence-corrected chi connectivity index (χ4v) is 9.27. The van der Waals surface area contributed by atoms with E-state index >= 15 is 0 Å². The van der Waals surface area contributed by atoms with Gasteiger partial charge in [0.2, 0.25) is 0 Å². The van der Waals surface area contributed by atoms with Crippen molar-refractivity contribution in [3.8, 4) is 29.2 Å². The molecule has 0 amide bonds. The van der Waals surface area contributed by atoms with E-state index in [-0.39, 0.29) is 0 Å². The van der Waals surface area contributed by atoms with Gasteiger partial charge >= 0.3 is 0 Å². The standard InChI is InChI=1S/C50H27N5O/c51-28-37-38(29-52)44(27-26-43(37)54-39-18-8-4-14-31(39)32-15-5-9-19-40(32)54)55-42-21-11-7-17-36(42)48-46(55)25-23-34-33-22-24-45-47(49(33)56-50(34)48)35-16-6-10-20-41(35)53(45)30-12-2-1-3-13-30/h1-27H. The second kappa shape index (κ2) is 11.2. The van der Waals surface area contributed by atoms with Crippen LogP contribution in [0.3, 0.4) is 0 Å². The van der Waals surface area contributed by atoms with Crippen LogP contribution < -0.4 is 0 Å². The zero-order valence-corrected chi connectivity index (χ0v) is 29.7. The number of aromatic nitrogens is 3. The Bertz CT molecular complexity index is 3680. The molecule has 0 unspecified atom stereocenters. The summed E-state index contributed by atoms with van der Waals surface area (Å²) in [5, 5.41) is 30.2. The molecule has 0 N–H and O–H groups in total. The van der Waals surface area contributed by atoms with E-state index in [1.165, 1.54) is 0 Å². The predicted octanol–water partition coefficient (Wildman–Crippen LogP) is 12.6. The van der Waals surface area contributed by atoms with Crippen LogP contribution in [0.5, 0.6) is 0 Å². The first-order chi connectivity index (χ1) is 27.7. The molecule has 0 atom stereocenters. The normalized spacial score (nSPS) is 11.9. The summed E-state index contributed by atoms with van der Waals surface area (Å²) >= 11 is 0. The molecule has 4 aromatic heterocycles. The summed E-state index contributed by atoms with van der Waals surface area (Å²) in [6.45, 7) is 0. The Morgan fingerprint density at radius 2 is 0.732 bits per heavy atom. The zero-order valence-electron chi connectivity index (χ0n) is 29.7. The number of rotatable bonds is 3. The van der Waals surface area contributed by atoms with E-state index in [9.17, 15) is 10.5 Å². The number of benzene rings is 8. The van der Waals surface area contributed by atoms with Crippen molar-refractivity contribution >= 4 is 87.4 Å². The van der Waals surface area contributed by atoms with Gasteiger partial charge in [0.05, 0.1) is 66.4 Å². The highest BCUT2D eigenvalue weighted by Gasteiger charge is 2.25. The Morgan fingerprint density at radius 1 is 0.339 bits per heavy atom. The number of para-hydroxylation sites is 5. The first-order valence-corrected chi connectivity index (χ1v) is 18.6. The molecule has 0 saturated heterocycles. The van der Waals surface area contributed by atoms with Crippen molar-refractivity contribution in [1.29, 1.82) is 10.5 Å². The van der Waals surface area contributed by atoms with Gasteiger partial charge in [-0.05, 0) is 72.8 Å². The molecule has 258 valence electrons. The Balaban J connectivity index is 1.15. The molecule has 0 spiro atoms. The lowest BCUT2D eigenvalue weighted by Crippen LogP contribution is -2.05. The maximum atomic E-state index is 10.9. The van der Waals surface area contributed by atoms with Crippen LogP contribution in [0, 0.1) is 22.7 Å². The molecule has 12 aromatic rings. The van der Waals surface area contributed by atoms with Gasteiger partial charge in [-0.2, -0.15) is 10.5 Å². The van der Waals surface area contributed by atoms with Gasteiger partial charge < -0.3 is 18.1 Å². The van der Waals surface area contributed by atoms with Crippen molar-refractivity contribution in [2.24, 2.45) is 0 Å². The van der Waals surface area contributed by atoms with Crippen LogP contribution >= 0.6 is 0 Å². The second-order valence-electron chi connectivity index (χ2n) is 14.3. The lowest BCUT2D eigenvalue weighted by atomic mass is 10.0. The van der Waals surface area contributed by atoms with Crippen molar-refractivity contribution in [2.45, 2.75) is 0 Å². The molecule has 0 fully saturated rings. The van der Waals surface area contributed by atoms with E-state index in [4.69, 9.17) is 4.42 Å². The molecule has 12 rings (SSSR count). The van der Waals surface area contributed by atoms with Crippen LogP contribution in [0.1, 0.15) is 11.1 Å². The van der Waals surface area contributed by atoms with E-state index in [1.807, 2.05) is 54.6 Å². The summed E-state index contributed by atoms with van der Waals surface area (Å²) < 4.78 is 13.6.